The molecule has 16 heavy (non-hydrogen) atoms. The number of benzene rings is 1. The van der Waals surface area contributed by atoms with Crippen LogP contribution in [0.2, 0.25) is 5.02 Å². The largest absolute Gasteiger partial charge is 0.384 e. The number of nitrogen functional groups attached to an aromatic ring is 1. The van der Waals surface area contributed by atoms with Crippen LogP contribution in [-0.4, -0.2) is 4.98 Å². The van der Waals surface area contributed by atoms with Gasteiger partial charge in [-0.15, -0.1) is 0 Å². The molecule has 1 heterocycles. The van der Waals surface area contributed by atoms with E-state index in [4.69, 9.17) is 17.3 Å². The third-order valence-electron chi connectivity index (χ3n) is 2.61. The van der Waals surface area contributed by atoms with Gasteiger partial charge in [0.05, 0.1) is 10.5 Å². The van der Waals surface area contributed by atoms with E-state index in [-0.39, 0.29) is 5.41 Å². The highest BCUT2D eigenvalue weighted by Crippen LogP contribution is 2.34. The molecule has 0 spiro atoms. The fourth-order valence-corrected chi connectivity index (χ4v) is 2.13. The van der Waals surface area contributed by atoms with Gasteiger partial charge in [-0.2, -0.15) is 0 Å². The second-order valence-electron chi connectivity index (χ2n) is 4.98. The summed E-state index contributed by atoms with van der Waals surface area (Å²) >= 11 is 6.24. The third kappa shape index (κ3) is 1.85. The number of halogens is 1. The Morgan fingerprint density at radius 2 is 1.94 bits per heavy atom. The fraction of sp³-hybridized carbons (Fsp3) is 0.308. The molecule has 0 amide bonds. The number of rotatable bonds is 0. The Hall–Kier alpha value is -1.28. The van der Waals surface area contributed by atoms with Crippen LogP contribution in [0.3, 0.4) is 0 Å². The molecular formula is C13H15ClN2. The highest BCUT2D eigenvalue weighted by molar-refractivity contribution is 6.35. The van der Waals surface area contributed by atoms with E-state index < -0.39 is 0 Å². The predicted molar refractivity (Wildman–Crippen MR) is 69.9 cm³/mol. The summed E-state index contributed by atoms with van der Waals surface area (Å²) in [5.41, 5.74) is 7.82. The van der Waals surface area contributed by atoms with Gasteiger partial charge >= 0.3 is 0 Å². The molecule has 0 fully saturated rings. The molecule has 2 nitrogen and oxygen atoms in total. The first kappa shape index (κ1) is 11.2. The first-order valence-electron chi connectivity index (χ1n) is 5.25. The summed E-state index contributed by atoms with van der Waals surface area (Å²) in [6.07, 6.45) is 0. The standard InChI is InChI=1S/C13H15ClN2/c1-13(2,3)8-7-11(15)16-10-6-4-5-9(14)12(8)10/h4-7H,1-3H3,(H2,15,16). The molecule has 0 bridgehead atoms. The molecule has 0 saturated carbocycles. The second-order valence-corrected chi connectivity index (χ2v) is 5.39. The molecular weight excluding hydrogens is 220 g/mol. The molecule has 0 saturated heterocycles. The van der Waals surface area contributed by atoms with Crippen LogP contribution in [0.1, 0.15) is 26.3 Å². The minimum absolute atomic E-state index is 0.000301. The summed E-state index contributed by atoms with van der Waals surface area (Å²) in [6.45, 7) is 6.43. The average Bonchev–Trinajstić information content (AvgIpc) is 2.15. The van der Waals surface area contributed by atoms with Crippen molar-refractivity contribution >= 4 is 28.3 Å². The van der Waals surface area contributed by atoms with Crippen LogP contribution in [-0.2, 0) is 5.41 Å². The molecule has 1 aromatic carbocycles. The fourth-order valence-electron chi connectivity index (χ4n) is 1.86. The first-order chi connectivity index (χ1) is 7.39. The molecule has 84 valence electrons. The van der Waals surface area contributed by atoms with Crippen LogP contribution in [0.25, 0.3) is 10.9 Å². The van der Waals surface area contributed by atoms with Crippen molar-refractivity contribution in [1.82, 2.24) is 4.98 Å². The van der Waals surface area contributed by atoms with Gasteiger partial charge in [-0.05, 0) is 29.2 Å². The van der Waals surface area contributed by atoms with Crippen LogP contribution in [0, 0.1) is 0 Å². The molecule has 0 aliphatic heterocycles. The number of aromatic nitrogens is 1. The molecule has 2 aromatic rings. The number of fused-ring (bicyclic) bond motifs is 1. The van der Waals surface area contributed by atoms with Gasteiger partial charge in [0.2, 0.25) is 0 Å². The lowest BCUT2D eigenvalue weighted by atomic mass is 9.85. The van der Waals surface area contributed by atoms with Gasteiger partial charge in [-0.1, -0.05) is 38.4 Å². The van der Waals surface area contributed by atoms with Gasteiger partial charge in [0.1, 0.15) is 5.82 Å². The maximum Gasteiger partial charge on any atom is 0.124 e. The van der Waals surface area contributed by atoms with E-state index in [0.717, 1.165) is 21.5 Å². The zero-order valence-electron chi connectivity index (χ0n) is 9.71. The minimum atomic E-state index is 0.000301. The maximum absolute atomic E-state index is 6.24. The van der Waals surface area contributed by atoms with E-state index in [9.17, 15) is 0 Å². The van der Waals surface area contributed by atoms with Crippen LogP contribution in [0.5, 0.6) is 0 Å². The Morgan fingerprint density at radius 1 is 1.25 bits per heavy atom. The van der Waals surface area contributed by atoms with Gasteiger partial charge in [0.15, 0.2) is 0 Å². The Labute approximate surface area is 100 Å². The molecule has 0 radical (unpaired) electrons. The minimum Gasteiger partial charge on any atom is -0.384 e. The second kappa shape index (κ2) is 3.63. The number of anilines is 1. The van der Waals surface area contributed by atoms with Crippen molar-refractivity contribution in [1.29, 1.82) is 0 Å². The summed E-state index contributed by atoms with van der Waals surface area (Å²) < 4.78 is 0. The van der Waals surface area contributed by atoms with Crippen molar-refractivity contribution in [2.45, 2.75) is 26.2 Å². The molecule has 0 unspecified atom stereocenters. The van der Waals surface area contributed by atoms with Gasteiger partial charge in [0, 0.05) is 5.39 Å². The van der Waals surface area contributed by atoms with Crippen LogP contribution in [0.4, 0.5) is 5.82 Å². The Balaban J connectivity index is 2.91. The van der Waals surface area contributed by atoms with E-state index in [1.54, 1.807) is 0 Å². The Kier molecular flexibility index (Phi) is 2.55. The number of pyridine rings is 1. The summed E-state index contributed by atoms with van der Waals surface area (Å²) in [7, 11) is 0. The van der Waals surface area contributed by atoms with Crippen molar-refractivity contribution in [3.8, 4) is 0 Å². The van der Waals surface area contributed by atoms with Crippen LogP contribution >= 0.6 is 11.6 Å². The Morgan fingerprint density at radius 3 is 2.56 bits per heavy atom. The van der Waals surface area contributed by atoms with E-state index in [1.165, 1.54) is 0 Å². The van der Waals surface area contributed by atoms with Crippen LogP contribution < -0.4 is 5.73 Å². The topological polar surface area (TPSA) is 38.9 Å². The van der Waals surface area contributed by atoms with Gasteiger partial charge in [-0.3, -0.25) is 0 Å². The molecule has 0 atom stereocenters. The SMILES string of the molecule is CC(C)(C)c1cc(N)nc2cccc(Cl)c12. The van der Waals surface area contributed by atoms with Crippen molar-refractivity contribution in [2.24, 2.45) is 0 Å². The zero-order chi connectivity index (χ0) is 11.9. The van der Waals surface area contributed by atoms with Crippen LogP contribution in [0.15, 0.2) is 24.3 Å². The third-order valence-corrected chi connectivity index (χ3v) is 2.93. The van der Waals surface area contributed by atoms with E-state index in [2.05, 4.69) is 25.8 Å². The molecule has 0 aliphatic rings. The summed E-state index contributed by atoms with van der Waals surface area (Å²) in [5, 5.41) is 1.74. The van der Waals surface area contributed by atoms with Gasteiger partial charge in [-0.25, -0.2) is 4.98 Å². The van der Waals surface area contributed by atoms with Crippen molar-refractivity contribution in [3.63, 3.8) is 0 Å². The van der Waals surface area contributed by atoms with Crippen molar-refractivity contribution < 1.29 is 0 Å². The molecule has 2 rings (SSSR count). The van der Waals surface area contributed by atoms with E-state index >= 15 is 0 Å². The molecule has 0 aliphatic carbocycles. The van der Waals surface area contributed by atoms with Gasteiger partial charge in [0.25, 0.3) is 0 Å². The average molecular weight is 235 g/mol. The van der Waals surface area contributed by atoms with Crippen molar-refractivity contribution in [3.05, 3.63) is 34.9 Å². The number of hydrogen-bond acceptors (Lipinski definition) is 2. The predicted octanol–water partition coefficient (Wildman–Crippen LogP) is 3.77. The molecule has 3 heteroatoms. The number of nitrogens with two attached hydrogens (primary N) is 1. The lowest BCUT2D eigenvalue weighted by molar-refractivity contribution is 0.595. The lowest BCUT2D eigenvalue weighted by Crippen LogP contribution is -2.13. The number of nitrogens with zero attached hydrogens (tertiary/aromatic N) is 1. The molecule has 1 aromatic heterocycles. The Bertz CT molecular complexity index is 541. The maximum atomic E-state index is 6.24. The number of hydrogen-bond donors (Lipinski definition) is 1. The monoisotopic (exact) mass is 234 g/mol. The highest BCUT2D eigenvalue weighted by atomic mass is 35.5. The zero-order valence-corrected chi connectivity index (χ0v) is 10.5. The lowest BCUT2D eigenvalue weighted by Gasteiger charge is -2.22. The van der Waals surface area contributed by atoms with Crippen molar-refractivity contribution in [2.75, 3.05) is 5.73 Å². The first-order valence-corrected chi connectivity index (χ1v) is 5.62. The summed E-state index contributed by atoms with van der Waals surface area (Å²) in [6, 6.07) is 7.63. The van der Waals surface area contributed by atoms with Gasteiger partial charge < -0.3 is 5.73 Å². The summed E-state index contributed by atoms with van der Waals surface area (Å²) in [4.78, 5) is 4.30. The highest BCUT2D eigenvalue weighted by Gasteiger charge is 2.19. The normalized spacial score (nSPS) is 12.0. The molecule has 2 N–H and O–H groups in total. The smallest absolute Gasteiger partial charge is 0.124 e. The van der Waals surface area contributed by atoms with E-state index in [0.29, 0.717) is 5.82 Å². The quantitative estimate of drug-likeness (QED) is 0.754. The summed E-state index contributed by atoms with van der Waals surface area (Å²) in [5.74, 6) is 0.541. The van der Waals surface area contributed by atoms with E-state index in [1.807, 2.05) is 24.3 Å².